The summed E-state index contributed by atoms with van der Waals surface area (Å²) in [5.74, 6) is 0.137. The van der Waals surface area contributed by atoms with E-state index < -0.39 is 11.5 Å². The summed E-state index contributed by atoms with van der Waals surface area (Å²) in [4.78, 5) is 16.8. The number of H-pyrrole nitrogens is 1. The van der Waals surface area contributed by atoms with Crippen molar-refractivity contribution in [3.05, 3.63) is 46.8 Å². The lowest BCUT2D eigenvalue weighted by Gasteiger charge is -2.10. The first kappa shape index (κ1) is 12.3. The Labute approximate surface area is 103 Å². The van der Waals surface area contributed by atoms with Crippen molar-refractivity contribution in [1.29, 1.82) is 0 Å². The second kappa shape index (κ2) is 5.00. The maximum Gasteiger partial charge on any atom is 0.345 e. The highest BCUT2D eigenvalue weighted by Gasteiger charge is 2.07. The average Bonchev–Trinajstić information content (AvgIpc) is 2.33. The van der Waals surface area contributed by atoms with Crippen LogP contribution in [0.1, 0.15) is 13.8 Å². The third kappa shape index (κ3) is 2.74. The van der Waals surface area contributed by atoms with Crippen molar-refractivity contribution >= 4 is 0 Å². The zero-order chi connectivity index (χ0) is 13.1. The predicted molar refractivity (Wildman–Crippen MR) is 66.0 cm³/mol. The monoisotopic (exact) mass is 248 g/mol. The summed E-state index contributed by atoms with van der Waals surface area (Å²) >= 11 is 0. The Morgan fingerprint density at radius 2 is 1.94 bits per heavy atom. The number of aromatic amines is 1. The van der Waals surface area contributed by atoms with Crippen molar-refractivity contribution in [1.82, 2.24) is 9.97 Å². The van der Waals surface area contributed by atoms with Gasteiger partial charge >= 0.3 is 5.69 Å². The average molecular weight is 248 g/mol. The molecule has 0 amide bonds. The van der Waals surface area contributed by atoms with E-state index in [1.54, 1.807) is 24.3 Å². The SMILES string of the molecule is CC(C)Oc1ccc(-c2[nH]c(=O)ncc2F)cc1. The quantitative estimate of drug-likeness (QED) is 0.907. The molecule has 0 radical (unpaired) electrons. The molecule has 0 aliphatic heterocycles. The highest BCUT2D eigenvalue weighted by Crippen LogP contribution is 2.22. The number of benzene rings is 1. The molecule has 0 fully saturated rings. The largest absolute Gasteiger partial charge is 0.491 e. The summed E-state index contributed by atoms with van der Waals surface area (Å²) in [6.45, 7) is 3.85. The molecule has 4 nitrogen and oxygen atoms in total. The summed E-state index contributed by atoms with van der Waals surface area (Å²) in [6, 6.07) is 6.83. The topological polar surface area (TPSA) is 55.0 Å². The Morgan fingerprint density at radius 1 is 1.28 bits per heavy atom. The van der Waals surface area contributed by atoms with Crippen LogP contribution in [0.3, 0.4) is 0 Å². The molecule has 0 spiro atoms. The van der Waals surface area contributed by atoms with E-state index in [1.165, 1.54) is 0 Å². The van der Waals surface area contributed by atoms with Crippen molar-refractivity contribution in [3.63, 3.8) is 0 Å². The minimum absolute atomic E-state index is 0.0771. The minimum atomic E-state index is -0.575. The van der Waals surface area contributed by atoms with E-state index in [1.807, 2.05) is 13.8 Å². The van der Waals surface area contributed by atoms with Crippen LogP contribution in [0.15, 0.2) is 35.3 Å². The van der Waals surface area contributed by atoms with Gasteiger partial charge in [-0.25, -0.2) is 9.18 Å². The number of aromatic nitrogens is 2. The molecule has 1 N–H and O–H groups in total. The highest BCUT2D eigenvalue weighted by atomic mass is 19.1. The molecule has 2 aromatic rings. The maximum atomic E-state index is 13.5. The third-order valence-electron chi connectivity index (χ3n) is 2.28. The van der Waals surface area contributed by atoms with Gasteiger partial charge in [0.25, 0.3) is 0 Å². The molecule has 0 saturated carbocycles. The van der Waals surface area contributed by atoms with Crippen LogP contribution in [-0.4, -0.2) is 16.1 Å². The van der Waals surface area contributed by atoms with Crippen LogP contribution in [0.4, 0.5) is 4.39 Å². The van der Waals surface area contributed by atoms with Gasteiger partial charge in [-0.3, -0.25) is 0 Å². The summed E-state index contributed by atoms with van der Waals surface area (Å²) in [7, 11) is 0. The number of ether oxygens (including phenoxy) is 1. The molecule has 0 aliphatic carbocycles. The van der Waals surface area contributed by atoms with E-state index in [0.717, 1.165) is 6.20 Å². The van der Waals surface area contributed by atoms with Crippen LogP contribution >= 0.6 is 0 Å². The van der Waals surface area contributed by atoms with Crippen molar-refractivity contribution in [2.45, 2.75) is 20.0 Å². The van der Waals surface area contributed by atoms with Gasteiger partial charge in [-0.2, -0.15) is 4.98 Å². The lowest BCUT2D eigenvalue weighted by atomic mass is 10.1. The second-order valence-electron chi connectivity index (χ2n) is 4.10. The third-order valence-corrected chi connectivity index (χ3v) is 2.28. The Bertz CT molecular complexity index is 591. The Balaban J connectivity index is 2.34. The number of hydrogen-bond donors (Lipinski definition) is 1. The van der Waals surface area contributed by atoms with Gasteiger partial charge in [0.05, 0.1) is 18.0 Å². The molecule has 0 aliphatic rings. The standard InChI is InChI=1S/C13H13FN2O2/c1-8(2)18-10-5-3-9(4-6-10)12-11(14)7-15-13(17)16-12/h3-8H,1-2H3,(H,15,16,17). The number of hydrogen-bond acceptors (Lipinski definition) is 3. The number of nitrogens with zero attached hydrogens (tertiary/aromatic N) is 1. The van der Waals surface area contributed by atoms with Crippen LogP contribution in [0.25, 0.3) is 11.3 Å². The first-order valence-electron chi connectivity index (χ1n) is 5.58. The van der Waals surface area contributed by atoms with Crippen LogP contribution in [-0.2, 0) is 0 Å². The number of rotatable bonds is 3. The van der Waals surface area contributed by atoms with E-state index in [4.69, 9.17) is 4.74 Å². The van der Waals surface area contributed by atoms with Crippen LogP contribution in [0.5, 0.6) is 5.75 Å². The van der Waals surface area contributed by atoms with E-state index in [0.29, 0.717) is 11.3 Å². The van der Waals surface area contributed by atoms with Gasteiger partial charge in [-0.1, -0.05) is 0 Å². The van der Waals surface area contributed by atoms with Gasteiger partial charge in [0.1, 0.15) is 5.75 Å². The summed E-state index contributed by atoms with van der Waals surface area (Å²) in [5, 5.41) is 0. The van der Waals surface area contributed by atoms with Crippen LogP contribution in [0, 0.1) is 5.82 Å². The summed E-state index contributed by atoms with van der Waals surface area (Å²) < 4.78 is 19.0. The lowest BCUT2D eigenvalue weighted by Crippen LogP contribution is -2.11. The van der Waals surface area contributed by atoms with Gasteiger partial charge in [0.2, 0.25) is 0 Å². The molecular weight excluding hydrogens is 235 g/mol. The van der Waals surface area contributed by atoms with E-state index >= 15 is 0 Å². The summed E-state index contributed by atoms with van der Waals surface area (Å²) in [6.07, 6.45) is 0.987. The molecule has 1 aromatic carbocycles. The Kier molecular flexibility index (Phi) is 3.41. The fourth-order valence-electron chi connectivity index (χ4n) is 1.56. The first-order chi connectivity index (χ1) is 8.56. The van der Waals surface area contributed by atoms with Gasteiger partial charge < -0.3 is 9.72 Å². The molecule has 0 bridgehead atoms. The second-order valence-corrected chi connectivity index (χ2v) is 4.10. The van der Waals surface area contributed by atoms with E-state index in [2.05, 4.69) is 9.97 Å². The number of halogens is 1. The molecule has 2 rings (SSSR count). The molecule has 18 heavy (non-hydrogen) atoms. The molecule has 0 atom stereocenters. The molecule has 5 heteroatoms. The first-order valence-corrected chi connectivity index (χ1v) is 5.58. The van der Waals surface area contributed by atoms with Gasteiger partial charge in [0, 0.05) is 5.56 Å². The van der Waals surface area contributed by atoms with Crippen LogP contribution in [0.2, 0.25) is 0 Å². The normalized spacial score (nSPS) is 10.7. The predicted octanol–water partition coefficient (Wildman–Crippen LogP) is 2.36. The van der Waals surface area contributed by atoms with Gasteiger partial charge in [0.15, 0.2) is 5.82 Å². The molecule has 0 saturated heterocycles. The molecule has 1 heterocycles. The van der Waals surface area contributed by atoms with E-state index in [9.17, 15) is 9.18 Å². The Hall–Kier alpha value is -2.17. The fraction of sp³-hybridized carbons (Fsp3) is 0.231. The summed E-state index contributed by atoms with van der Waals surface area (Å²) in [5.41, 5.74) is 0.128. The maximum absolute atomic E-state index is 13.5. The lowest BCUT2D eigenvalue weighted by molar-refractivity contribution is 0.242. The van der Waals surface area contributed by atoms with Crippen molar-refractivity contribution in [2.24, 2.45) is 0 Å². The molecule has 0 unspecified atom stereocenters. The van der Waals surface area contributed by atoms with Gasteiger partial charge in [-0.05, 0) is 38.1 Å². The highest BCUT2D eigenvalue weighted by molar-refractivity contribution is 5.60. The van der Waals surface area contributed by atoms with Gasteiger partial charge in [-0.15, -0.1) is 0 Å². The molecule has 1 aromatic heterocycles. The smallest absolute Gasteiger partial charge is 0.345 e. The molecular formula is C13H13FN2O2. The van der Waals surface area contributed by atoms with Crippen LogP contribution < -0.4 is 10.4 Å². The molecule has 94 valence electrons. The zero-order valence-electron chi connectivity index (χ0n) is 10.1. The van der Waals surface area contributed by atoms with Crippen molar-refractivity contribution < 1.29 is 9.13 Å². The zero-order valence-corrected chi connectivity index (χ0v) is 10.1. The minimum Gasteiger partial charge on any atom is -0.491 e. The van der Waals surface area contributed by atoms with Crippen molar-refractivity contribution in [3.8, 4) is 17.0 Å². The fourth-order valence-corrected chi connectivity index (χ4v) is 1.56. The Morgan fingerprint density at radius 3 is 2.56 bits per heavy atom. The van der Waals surface area contributed by atoms with Crippen molar-refractivity contribution in [2.75, 3.05) is 0 Å². The number of nitrogens with one attached hydrogen (secondary N) is 1. The van der Waals surface area contributed by atoms with E-state index in [-0.39, 0.29) is 11.8 Å².